The third-order valence-electron chi connectivity index (χ3n) is 3.64. The molecule has 132 valence electrons. The van der Waals surface area contributed by atoms with Gasteiger partial charge in [-0.1, -0.05) is 48.9 Å². The Morgan fingerprint density at radius 3 is 2.52 bits per heavy atom. The Balaban J connectivity index is 2.02. The molecule has 1 atom stereocenters. The average Bonchev–Trinajstić information content (AvgIpc) is 2.60. The molecule has 0 radical (unpaired) electrons. The second kappa shape index (κ2) is 9.39. The fourth-order valence-electron chi connectivity index (χ4n) is 2.40. The maximum absolute atomic E-state index is 11.8. The summed E-state index contributed by atoms with van der Waals surface area (Å²) < 4.78 is 4.96. The number of ether oxygens (including phenoxy) is 1. The van der Waals surface area contributed by atoms with Crippen molar-refractivity contribution in [2.75, 3.05) is 11.9 Å². The van der Waals surface area contributed by atoms with Gasteiger partial charge in [-0.25, -0.2) is 4.79 Å². The predicted molar refractivity (Wildman–Crippen MR) is 106 cm³/mol. The first-order valence-electron chi connectivity index (χ1n) is 8.14. The first-order valence-corrected chi connectivity index (χ1v) is 8.92. The van der Waals surface area contributed by atoms with Crippen molar-refractivity contribution in [2.24, 2.45) is 0 Å². The van der Waals surface area contributed by atoms with Crippen LogP contribution in [-0.4, -0.2) is 17.7 Å². The number of anilines is 1. The van der Waals surface area contributed by atoms with Crippen molar-refractivity contribution in [1.82, 2.24) is 5.32 Å². The Morgan fingerprint density at radius 1 is 1.20 bits per heavy atom. The molecule has 2 rings (SSSR count). The Hall–Kier alpha value is -2.11. The second-order valence-electron chi connectivity index (χ2n) is 5.39. The third kappa shape index (κ3) is 5.44. The zero-order valence-corrected chi connectivity index (χ0v) is 15.8. The minimum Gasteiger partial charge on any atom is -0.462 e. The lowest BCUT2D eigenvalue weighted by molar-refractivity contribution is 0.0526. The van der Waals surface area contributed by atoms with Gasteiger partial charge in [0.25, 0.3) is 0 Å². The van der Waals surface area contributed by atoms with Crippen LogP contribution in [0.25, 0.3) is 0 Å². The average molecular weight is 377 g/mol. The summed E-state index contributed by atoms with van der Waals surface area (Å²) in [5.41, 5.74) is 2.21. The third-order valence-corrected chi connectivity index (χ3v) is 4.17. The van der Waals surface area contributed by atoms with Crippen molar-refractivity contribution in [3.63, 3.8) is 0 Å². The van der Waals surface area contributed by atoms with Crippen molar-refractivity contribution in [3.05, 3.63) is 64.7 Å². The minimum atomic E-state index is -0.435. The molecule has 0 heterocycles. The minimum absolute atomic E-state index is 0.121. The number of thiocarbonyl (C=S) groups is 1. The van der Waals surface area contributed by atoms with Gasteiger partial charge >= 0.3 is 5.97 Å². The Labute approximate surface area is 158 Å². The van der Waals surface area contributed by atoms with Crippen LogP contribution in [0, 0.1) is 0 Å². The molecule has 2 aromatic carbocycles. The maximum Gasteiger partial charge on any atom is 0.339 e. The van der Waals surface area contributed by atoms with Crippen molar-refractivity contribution in [3.8, 4) is 0 Å². The van der Waals surface area contributed by atoms with Gasteiger partial charge in [-0.2, -0.15) is 0 Å². The molecule has 25 heavy (non-hydrogen) atoms. The molecule has 6 heteroatoms. The molecule has 0 aliphatic rings. The second-order valence-corrected chi connectivity index (χ2v) is 6.20. The van der Waals surface area contributed by atoms with Crippen LogP contribution in [0.4, 0.5) is 5.69 Å². The van der Waals surface area contributed by atoms with E-state index in [4.69, 9.17) is 28.6 Å². The number of esters is 1. The SMILES string of the molecule is CCOC(=O)c1ccc(NC(=S)N[C@H](CC)c2ccccc2)cc1Cl. The number of nitrogens with one attached hydrogen (secondary N) is 2. The van der Waals surface area contributed by atoms with E-state index in [9.17, 15) is 4.79 Å². The quantitative estimate of drug-likeness (QED) is 0.551. The summed E-state index contributed by atoms with van der Waals surface area (Å²) in [5.74, 6) is -0.435. The smallest absolute Gasteiger partial charge is 0.339 e. The van der Waals surface area contributed by atoms with Crippen LogP contribution in [-0.2, 0) is 4.74 Å². The number of rotatable bonds is 6. The van der Waals surface area contributed by atoms with Gasteiger partial charge in [-0.3, -0.25) is 0 Å². The number of halogens is 1. The van der Waals surface area contributed by atoms with Gasteiger partial charge in [0.1, 0.15) is 0 Å². The van der Waals surface area contributed by atoms with E-state index in [0.29, 0.717) is 28.0 Å². The molecule has 2 aromatic rings. The first kappa shape index (κ1) is 19.2. The van der Waals surface area contributed by atoms with Crippen LogP contribution in [0.1, 0.15) is 42.2 Å². The summed E-state index contributed by atoms with van der Waals surface area (Å²) in [6.07, 6.45) is 0.897. The van der Waals surface area contributed by atoms with Crippen LogP contribution < -0.4 is 10.6 Å². The van der Waals surface area contributed by atoms with Crippen molar-refractivity contribution >= 4 is 40.6 Å². The van der Waals surface area contributed by atoms with Gasteiger partial charge in [0.15, 0.2) is 5.11 Å². The van der Waals surface area contributed by atoms with Gasteiger partial charge in [-0.15, -0.1) is 0 Å². The first-order chi connectivity index (χ1) is 12.0. The Kier molecular flexibility index (Phi) is 7.22. The Morgan fingerprint density at radius 2 is 1.92 bits per heavy atom. The highest BCUT2D eigenvalue weighted by Gasteiger charge is 2.13. The molecule has 0 bridgehead atoms. The molecular weight excluding hydrogens is 356 g/mol. The molecule has 0 spiro atoms. The zero-order chi connectivity index (χ0) is 18.2. The molecule has 0 fully saturated rings. The Bertz CT molecular complexity index is 737. The van der Waals surface area contributed by atoms with E-state index in [-0.39, 0.29) is 6.04 Å². The molecule has 0 saturated heterocycles. The van der Waals surface area contributed by atoms with Crippen molar-refractivity contribution < 1.29 is 9.53 Å². The molecule has 0 aliphatic carbocycles. The largest absolute Gasteiger partial charge is 0.462 e. The highest BCUT2D eigenvalue weighted by molar-refractivity contribution is 7.80. The van der Waals surface area contributed by atoms with E-state index in [1.165, 1.54) is 5.56 Å². The number of hydrogen-bond donors (Lipinski definition) is 2. The highest BCUT2D eigenvalue weighted by atomic mass is 35.5. The topological polar surface area (TPSA) is 50.4 Å². The van der Waals surface area contributed by atoms with Gasteiger partial charge in [0.2, 0.25) is 0 Å². The summed E-state index contributed by atoms with van der Waals surface area (Å²) in [7, 11) is 0. The van der Waals surface area contributed by atoms with Gasteiger partial charge in [0.05, 0.1) is 23.2 Å². The molecule has 2 N–H and O–H groups in total. The van der Waals surface area contributed by atoms with E-state index in [1.807, 2.05) is 18.2 Å². The number of benzene rings is 2. The fraction of sp³-hybridized carbons (Fsp3) is 0.263. The van der Waals surface area contributed by atoms with E-state index >= 15 is 0 Å². The van der Waals surface area contributed by atoms with E-state index in [2.05, 4.69) is 29.7 Å². The summed E-state index contributed by atoms with van der Waals surface area (Å²) >= 11 is 11.6. The fourth-order valence-corrected chi connectivity index (χ4v) is 2.92. The lowest BCUT2D eigenvalue weighted by atomic mass is 10.1. The highest BCUT2D eigenvalue weighted by Crippen LogP contribution is 2.22. The number of carbonyl (C=O) groups is 1. The van der Waals surface area contributed by atoms with Crippen LogP contribution in [0.3, 0.4) is 0 Å². The van der Waals surface area contributed by atoms with E-state index < -0.39 is 5.97 Å². The zero-order valence-electron chi connectivity index (χ0n) is 14.2. The predicted octanol–water partition coefficient (Wildman–Crippen LogP) is 4.95. The summed E-state index contributed by atoms with van der Waals surface area (Å²) in [4.78, 5) is 11.8. The number of hydrogen-bond acceptors (Lipinski definition) is 3. The summed E-state index contributed by atoms with van der Waals surface area (Å²) in [6, 6.07) is 15.3. The lowest BCUT2D eigenvalue weighted by Crippen LogP contribution is -2.32. The normalized spacial score (nSPS) is 11.5. The molecule has 4 nitrogen and oxygen atoms in total. The summed E-state index contributed by atoms with van der Waals surface area (Å²) in [5, 5.41) is 7.21. The van der Waals surface area contributed by atoms with Gasteiger partial charge < -0.3 is 15.4 Å². The standard InChI is InChI=1S/C19H21ClN2O2S/c1-3-17(13-8-6-5-7-9-13)22-19(25)21-14-10-11-15(16(20)12-14)18(23)24-4-2/h5-12,17H,3-4H2,1-2H3,(H2,21,22,25)/t17-/m1/s1. The molecule has 0 amide bonds. The maximum atomic E-state index is 11.8. The number of carbonyl (C=O) groups excluding carboxylic acids is 1. The van der Waals surface area contributed by atoms with Gasteiger partial charge in [-0.05, 0) is 49.3 Å². The van der Waals surface area contributed by atoms with Gasteiger partial charge in [0, 0.05) is 5.69 Å². The van der Waals surface area contributed by atoms with Crippen molar-refractivity contribution in [1.29, 1.82) is 0 Å². The van der Waals surface area contributed by atoms with E-state index in [1.54, 1.807) is 25.1 Å². The van der Waals surface area contributed by atoms with Crippen LogP contribution in [0.15, 0.2) is 48.5 Å². The van der Waals surface area contributed by atoms with Crippen LogP contribution >= 0.6 is 23.8 Å². The van der Waals surface area contributed by atoms with Crippen molar-refractivity contribution in [2.45, 2.75) is 26.3 Å². The monoisotopic (exact) mass is 376 g/mol. The molecule has 0 unspecified atom stereocenters. The van der Waals surface area contributed by atoms with Crippen LogP contribution in [0.5, 0.6) is 0 Å². The van der Waals surface area contributed by atoms with Crippen LogP contribution in [0.2, 0.25) is 5.02 Å². The lowest BCUT2D eigenvalue weighted by Gasteiger charge is -2.20. The molecular formula is C19H21ClN2O2S. The molecule has 0 aliphatic heterocycles. The molecule has 0 saturated carbocycles. The molecule has 0 aromatic heterocycles. The van der Waals surface area contributed by atoms with E-state index in [0.717, 1.165) is 6.42 Å². The summed E-state index contributed by atoms with van der Waals surface area (Å²) in [6.45, 7) is 4.15.